The van der Waals surface area contributed by atoms with Gasteiger partial charge in [-0.2, -0.15) is 0 Å². The first-order chi connectivity index (χ1) is 9.61. The number of carbonyl (C=O) groups is 1. The summed E-state index contributed by atoms with van der Waals surface area (Å²) < 4.78 is 33.7. The van der Waals surface area contributed by atoms with E-state index in [1.54, 1.807) is 13.2 Å². The number of benzene rings is 1. The van der Waals surface area contributed by atoms with Crippen LogP contribution in [0.5, 0.6) is 0 Å². The molecule has 2 unspecified atom stereocenters. The van der Waals surface area contributed by atoms with Gasteiger partial charge in [0.05, 0.1) is 4.90 Å². The van der Waals surface area contributed by atoms with Gasteiger partial charge < -0.3 is 5.32 Å². The van der Waals surface area contributed by atoms with Crippen molar-refractivity contribution in [2.75, 3.05) is 12.0 Å². The highest BCUT2D eigenvalue weighted by molar-refractivity contribution is 8.13. The lowest BCUT2D eigenvalue weighted by Crippen LogP contribution is -2.34. The molecule has 0 saturated carbocycles. The molecule has 0 saturated heterocycles. The van der Waals surface area contributed by atoms with Crippen molar-refractivity contribution < 1.29 is 17.4 Å². The second-order valence-electron chi connectivity index (χ2n) is 4.86. The zero-order chi connectivity index (χ0) is 16.2. The van der Waals surface area contributed by atoms with E-state index in [1.165, 1.54) is 18.2 Å². The Hall–Kier alpha value is -0.920. The van der Waals surface area contributed by atoms with E-state index in [0.29, 0.717) is 17.7 Å². The van der Waals surface area contributed by atoms with Gasteiger partial charge in [0.1, 0.15) is 0 Å². The van der Waals surface area contributed by atoms with Crippen molar-refractivity contribution in [1.82, 2.24) is 5.32 Å². The topological polar surface area (TPSA) is 80.3 Å². The quantitative estimate of drug-likeness (QED) is 0.792. The van der Waals surface area contributed by atoms with Crippen LogP contribution >= 0.6 is 10.7 Å². The Morgan fingerprint density at radius 3 is 2.57 bits per heavy atom. The molecule has 0 spiro atoms. The lowest BCUT2D eigenvalue weighted by Gasteiger charge is -2.14. The smallest absolute Gasteiger partial charge is 0.261 e. The zero-order valence-corrected chi connectivity index (χ0v) is 14.4. The third kappa shape index (κ3) is 5.76. The Bertz CT molecular complexity index is 658. The van der Waals surface area contributed by atoms with E-state index in [0.717, 1.165) is 0 Å². The van der Waals surface area contributed by atoms with Gasteiger partial charge in [0.25, 0.3) is 15.0 Å². The molecule has 21 heavy (non-hydrogen) atoms. The summed E-state index contributed by atoms with van der Waals surface area (Å²) in [5, 5.41) is 2.76. The molecule has 0 aliphatic rings. The minimum absolute atomic E-state index is 0.109. The molecule has 0 aromatic heterocycles. The molecule has 0 radical (unpaired) electrons. The maximum atomic E-state index is 12.2. The largest absolute Gasteiger partial charge is 0.350 e. The van der Waals surface area contributed by atoms with Crippen LogP contribution in [0.4, 0.5) is 0 Å². The summed E-state index contributed by atoms with van der Waals surface area (Å²) in [5.74, 6) is 0.125. The summed E-state index contributed by atoms with van der Waals surface area (Å²) in [6.45, 7) is 3.52. The molecule has 5 nitrogen and oxygen atoms in total. The highest BCUT2D eigenvalue weighted by Gasteiger charge is 2.17. The Morgan fingerprint density at radius 1 is 1.43 bits per heavy atom. The molecular formula is C13H18ClNO4S2. The van der Waals surface area contributed by atoms with Crippen molar-refractivity contribution in [3.63, 3.8) is 0 Å². The maximum Gasteiger partial charge on any atom is 0.261 e. The van der Waals surface area contributed by atoms with Crippen LogP contribution in [-0.2, 0) is 19.9 Å². The van der Waals surface area contributed by atoms with Gasteiger partial charge >= 0.3 is 0 Å². The number of hydrogen-bond donors (Lipinski definition) is 1. The van der Waals surface area contributed by atoms with E-state index in [1.807, 2.05) is 6.92 Å². The van der Waals surface area contributed by atoms with Gasteiger partial charge in [0, 0.05) is 45.1 Å². The monoisotopic (exact) mass is 351 g/mol. The Kier molecular flexibility index (Phi) is 6.37. The highest BCUT2D eigenvalue weighted by atomic mass is 35.7. The van der Waals surface area contributed by atoms with Crippen molar-refractivity contribution in [2.24, 2.45) is 0 Å². The van der Waals surface area contributed by atoms with Crippen molar-refractivity contribution in [1.29, 1.82) is 0 Å². The summed E-state index contributed by atoms with van der Waals surface area (Å²) in [7, 11) is 0.498. The molecule has 0 fully saturated rings. The van der Waals surface area contributed by atoms with Crippen molar-refractivity contribution in [3.05, 3.63) is 29.3 Å². The molecule has 1 amide bonds. The minimum Gasteiger partial charge on any atom is -0.350 e. The highest BCUT2D eigenvalue weighted by Crippen LogP contribution is 2.19. The van der Waals surface area contributed by atoms with Crippen LogP contribution in [0.3, 0.4) is 0 Å². The summed E-state index contributed by atoms with van der Waals surface area (Å²) >= 11 is 0. The predicted molar refractivity (Wildman–Crippen MR) is 84.7 cm³/mol. The third-order valence-corrected chi connectivity index (χ3v) is 5.11. The van der Waals surface area contributed by atoms with E-state index < -0.39 is 19.9 Å². The molecule has 0 aliphatic carbocycles. The van der Waals surface area contributed by atoms with Crippen LogP contribution in [0, 0.1) is 6.92 Å². The van der Waals surface area contributed by atoms with Crippen molar-refractivity contribution >= 4 is 36.4 Å². The van der Waals surface area contributed by atoms with E-state index in [-0.39, 0.29) is 22.4 Å². The van der Waals surface area contributed by atoms with Crippen LogP contribution in [0.15, 0.2) is 23.1 Å². The normalized spacial score (nSPS) is 14.5. The SMILES string of the molecule is Cc1ccc(S(=O)(=O)Cl)cc1C(=O)NC(C)CCS(C)=O. The van der Waals surface area contributed by atoms with Crippen molar-refractivity contribution in [2.45, 2.75) is 31.2 Å². The molecular weight excluding hydrogens is 334 g/mol. The second-order valence-corrected chi connectivity index (χ2v) is 8.98. The van der Waals surface area contributed by atoms with E-state index in [2.05, 4.69) is 5.32 Å². The first-order valence-electron chi connectivity index (χ1n) is 6.27. The fraction of sp³-hybridized carbons (Fsp3) is 0.462. The van der Waals surface area contributed by atoms with Crippen LogP contribution in [0.2, 0.25) is 0 Å². The first-order valence-corrected chi connectivity index (χ1v) is 10.3. The standard InChI is InChI=1S/C13H18ClNO4S2/c1-9-4-5-11(21(14,18)19)8-12(9)13(16)15-10(2)6-7-20(3)17/h4-5,8,10H,6-7H2,1-3H3,(H,15,16). The molecule has 1 aromatic carbocycles. The van der Waals surface area contributed by atoms with Crippen LogP contribution in [0.1, 0.15) is 29.3 Å². The van der Waals surface area contributed by atoms with Gasteiger partial charge in [-0.05, 0) is 38.0 Å². The summed E-state index contributed by atoms with van der Waals surface area (Å²) in [4.78, 5) is 12.1. The summed E-state index contributed by atoms with van der Waals surface area (Å²) in [5.41, 5.74) is 0.920. The van der Waals surface area contributed by atoms with E-state index in [4.69, 9.17) is 10.7 Å². The minimum atomic E-state index is -3.87. The molecule has 1 aromatic rings. The molecule has 1 rings (SSSR count). The van der Waals surface area contributed by atoms with Gasteiger partial charge in [-0.25, -0.2) is 8.42 Å². The lowest BCUT2D eigenvalue weighted by molar-refractivity contribution is 0.0938. The predicted octanol–water partition coefficient (Wildman–Crippen LogP) is 1.81. The zero-order valence-electron chi connectivity index (χ0n) is 12.1. The van der Waals surface area contributed by atoms with Gasteiger partial charge in [0.15, 0.2) is 0 Å². The molecule has 0 heterocycles. The number of nitrogens with one attached hydrogen (secondary N) is 1. The number of rotatable bonds is 6. The Balaban J connectivity index is 2.89. The number of hydrogen-bond acceptors (Lipinski definition) is 4. The Labute approximate surface area is 132 Å². The molecule has 8 heteroatoms. The van der Waals surface area contributed by atoms with Gasteiger partial charge in [-0.15, -0.1) is 0 Å². The van der Waals surface area contributed by atoms with Crippen molar-refractivity contribution in [3.8, 4) is 0 Å². The third-order valence-electron chi connectivity index (χ3n) is 2.95. The Morgan fingerprint density at radius 2 is 2.05 bits per heavy atom. The van der Waals surface area contributed by atoms with Gasteiger partial charge in [-0.1, -0.05) is 6.07 Å². The first kappa shape index (κ1) is 18.1. The second kappa shape index (κ2) is 7.38. The molecule has 1 N–H and O–H groups in total. The molecule has 0 bridgehead atoms. The molecule has 0 aliphatic heterocycles. The maximum absolute atomic E-state index is 12.2. The van der Waals surface area contributed by atoms with Crippen LogP contribution in [-0.4, -0.2) is 36.6 Å². The summed E-state index contributed by atoms with van der Waals surface area (Å²) in [6.07, 6.45) is 2.19. The molecule has 118 valence electrons. The number of halogens is 1. The average Bonchev–Trinajstić information content (AvgIpc) is 2.35. The lowest BCUT2D eigenvalue weighted by atomic mass is 10.1. The van der Waals surface area contributed by atoms with Gasteiger partial charge in [-0.3, -0.25) is 9.00 Å². The fourth-order valence-corrected chi connectivity index (χ4v) is 3.18. The van der Waals surface area contributed by atoms with Crippen LogP contribution < -0.4 is 5.32 Å². The fourth-order valence-electron chi connectivity index (χ4n) is 1.71. The number of carbonyl (C=O) groups excluding carboxylic acids is 1. The van der Waals surface area contributed by atoms with Gasteiger partial charge in [0.2, 0.25) is 0 Å². The van der Waals surface area contributed by atoms with E-state index >= 15 is 0 Å². The molecule has 2 atom stereocenters. The van der Waals surface area contributed by atoms with E-state index in [9.17, 15) is 17.4 Å². The summed E-state index contributed by atoms with van der Waals surface area (Å²) in [6, 6.07) is 4.00. The average molecular weight is 352 g/mol. The van der Waals surface area contributed by atoms with Crippen LogP contribution in [0.25, 0.3) is 0 Å². The number of aryl methyl sites for hydroxylation is 1. The number of amides is 1.